The Morgan fingerprint density at radius 3 is 2.81 bits per heavy atom. The van der Waals surface area contributed by atoms with Crippen LogP contribution in [0.2, 0.25) is 0 Å². The summed E-state index contributed by atoms with van der Waals surface area (Å²) in [6.07, 6.45) is 3.73. The predicted molar refractivity (Wildman–Crippen MR) is 95.9 cm³/mol. The van der Waals surface area contributed by atoms with Crippen molar-refractivity contribution >= 4 is 22.9 Å². The summed E-state index contributed by atoms with van der Waals surface area (Å²) in [7, 11) is 0. The Hall–Kier alpha value is -3.33. The van der Waals surface area contributed by atoms with Gasteiger partial charge in [0.2, 0.25) is 17.7 Å². The first-order valence-electron chi connectivity index (χ1n) is 7.88. The second-order valence-corrected chi connectivity index (χ2v) is 6.23. The van der Waals surface area contributed by atoms with E-state index in [1.54, 1.807) is 22.3 Å². The zero-order chi connectivity index (χ0) is 17.8. The van der Waals surface area contributed by atoms with E-state index in [4.69, 9.17) is 4.42 Å². The lowest BCUT2D eigenvalue weighted by Gasteiger charge is -2.05. The minimum Gasteiger partial charge on any atom is -0.421 e. The van der Waals surface area contributed by atoms with Crippen molar-refractivity contribution in [3.63, 3.8) is 0 Å². The molecule has 0 radical (unpaired) electrons. The third-order valence-corrected chi connectivity index (χ3v) is 4.32. The van der Waals surface area contributed by atoms with Crippen LogP contribution in [0.25, 0.3) is 17.1 Å². The number of amides is 1. The van der Waals surface area contributed by atoms with Gasteiger partial charge >= 0.3 is 0 Å². The fourth-order valence-corrected chi connectivity index (χ4v) is 2.97. The first kappa shape index (κ1) is 16.2. The molecule has 0 atom stereocenters. The molecule has 1 N–H and O–H groups in total. The van der Waals surface area contributed by atoms with Gasteiger partial charge in [0.15, 0.2) is 0 Å². The van der Waals surface area contributed by atoms with Crippen molar-refractivity contribution in [3.05, 3.63) is 59.6 Å². The van der Waals surface area contributed by atoms with Crippen LogP contribution in [0.4, 0.5) is 5.69 Å². The van der Waals surface area contributed by atoms with Crippen LogP contribution < -0.4 is 5.32 Å². The fraction of sp³-hybridized carbons (Fsp3) is 0.118. The number of thiophene rings is 1. The van der Waals surface area contributed by atoms with Crippen LogP contribution in [-0.4, -0.2) is 30.9 Å². The number of carbonyl (C=O) groups excluding carboxylic acids is 1. The van der Waals surface area contributed by atoms with Crippen molar-refractivity contribution in [2.45, 2.75) is 12.8 Å². The highest BCUT2D eigenvalue weighted by Crippen LogP contribution is 2.21. The van der Waals surface area contributed by atoms with Gasteiger partial charge in [-0.2, -0.15) is 16.4 Å². The average Bonchev–Trinajstić information content (AvgIpc) is 3.42. The van der Waals surface area contributed by atoms with E-state index in [9.17, 15) is 4.79 Å². The quantitative estimate of drug-likeness (QED) is 0.563. The molecule has 0 fully saturated rings. The lowest BCUT2D eigenvalue weighted by Crippen LogP contribution is -2.12. The third kappa shape index (κ3) is 3.67. The number of nitrogens with zero attached hydrogens (tertiary/aromatic N) is 5. The molecule has 4 rings (SSSR count). The number of carbonyl (C=O) groups is 1. The van der Waals surface area contributed by atoms with Gasteiger partial charge in [-0.25, -0.2) is 9.67 Å². The van der Waals surface area contributed by atoms with Gasteiger partial charge in [-0.05, 0) is 35.7 Å². The summed E-state index contributed by atoms with van der Waals surface area (Å²) in [5.74, 6) is 0.807. The van der Waals surface area contributed by atoms with Crippen LogP contribution in [0.3, 0.4) is 0 Å². The topological polar surface area (TPSA) is 98.7 Å². The van der Waals surface area contributed by atoms with Gasteiger partial charge in [0.05, 0.1) is 5.69 Å². The van der Waals surface area contributed by atoms with Crippen molar-refractivity contribution < 1.29 is 9.21 Å². The number of anilines is 1. The molecule has 0 spiro atoms. The molecule has 26 heavy (non-hydrogen) atoms. The van der Waals surface area contributed by atoms with E-state index < -0.39 is 0 Å². The highest BCUT2D eigenvalue weighted by Gasteiger charge is 2.11. The number of aryl methyl sites for hydroxylation is 1. The second-order valence-electron chi connectivity index (χ2n) is 5.45. The van der Waals surface area contributed by atoms with Gasteiger partial charge in [0, 0.05) is 29.5 Å². The summed E-state index contributed by atoms with van der Waals surface area (Å²) in [5, 5.41) is 18.8. The van der Waals surface area contributed by atoms with Gasteiger partial charge in [0.25, 0.3) is 0 Å². The van der Waals surface area contributed by atoms with E-state index in [1.807, 2.05) is 41.1 Å². The summed E-state index contributed by atoms with van der Waals surface area (Å²) < 4.78 is 7.22. The molecule has 0 bridgehead atoms. The SMILES string of the molecule is O=C(CCc1nnc(-c2ccsc2)o1)Nc1ccc(-n2cncn2)cc1. The second kappa shape index (κ2) is 7.28. The summed E-state index contributed by atoms with van der Waals surface area (Å²) in [4.78, 5) is 16.0. The lowest BCUT2D eigenvalue weighted by atomic mass is 10.2. The maximum atomic E-state index is 12.1. The molecule has 1 amide bonds. The molecule has 0 aliphatic carbocycles. The summed E-state index contributed by atoms with van der Waals surface area (Å²) in [5.41, 5.74) is 2.47. The molecular weight excluding hydrogens is 352 g/mol. The van der Waals surface area contributed by atoms with Crippen LogP contribution in [-0.2, 0) is 11.2 Å². The molecule has 0 unspecified atom stereocenters. The highest BCUT2D eigenvalue weighted by molar-refractivity contribution is 7.08. The Kier molecular flexibility index (Phi) is 4.52. The standard InChI is InChI=1S/C17H14N6O2S/c24-15(5-6-16-21-22-17(25-16)12-7-8-26-9-12)20-13-1-3-14(4-2-13)23-11-18-10-19-23/h1-4,7-11H,5-6H2,(H,20,24). The van der Waals surface area contributed by atoms with E-state index >= 15 is 0 Å². The predicted octanol–water partition coefficient (Wildman–Crippen LogP) is 2.95. The first-order chi connectivity index (χ1) is 12.8. The highest BCUT2D eigenvalue weighted by atomic mass is 32.1. The van der Waals surface area contributed by atoms with Gasteiger partial charge < -0.3 is 9.73 Å². The number of hydrogen-bond donors (Lipinski definition) is 1. The average molecular weight is 366 g/mol. The Morgan fingerprint density at radius 2 is 2.08 bits per heavy atom. The summed E-state index contributed by atoms with van der Waals surface area (Å²) >= 11 is 1.56. The lowest BCUT2D eigenvalue weighted by molar-refractivity contribution is -0.116. The molecular formula is C17H14N6O2S. The van der Waals surface area contributed by atoms with Crippen LogP contribution >= 0.6 is 11.3 Å². The van der Waals surface area contributed by atoms with E-state index in [0.717, 1.165) is 11.3 Å². The molecule has 3 heterocycles. The Labute approximate surface area is 152 Å². The van der Waals surface area contributed by atoms with Crippen molar-refractivity contribution in [2.24, 2.45) is 0 Å². The summed E-state index contributed by atoms with van der Waals surface area (Å²) in [6, 6.07) is 9.26. The van der Waals surface area contributed by atoms with Crippen molar-refractivity contribution in [2.75, 3.05) is 5.32 Å². The van der Waals surface area contributed by atoms with Gasteiger partial charge in [-0.15, -0.1) is 10.2 Å². The molecule has 0 aliphatic rings. The molecule has 130 valence electrons. The summed E-state index contributed by atoms with van der Waals surface area (Å²) in [6.45, 7) is 0. The van der Waals surface area contributed by atoms with Crippen molar-refractivity contribution in [1.29, 1.82) is 0 Å². The minimum atomic E-state index is -0.117. The largest absolute Gasteiger partial charge is 0.421 e. The van der Waals surface area contributed by atoms with Crippen LogP contribution in [0.15, 0.2) is 58.2 Å². The normalized spacial score (nSPS) is 10.8. The van der Waals surface area contributed by atoms with E-state index in [0.29, 0.717) is 23.9 Å². The first-order valence-corrected chi connectivity index (χ1v) is 8.82. The number of rotatable bonds is 6. The Balaban J connectivity index is 1.31. The van der Waals surface area contributed by atoms with Gasteiger partial charge in [0.1, 0.15) is 12.7 Å². The Bertz CT molecular complexity index is 977. The van der Waals surface area contributed by atoms with E-state index in [-0.39, 0.29) is 12.3 Å². The van der Waals surface area contributed by atoms with Crippen LogP contribution in [0.1, 0.15) is 12.3 Å². The smallest absolute Gasteiger partial charge is 0.248 e. The van der Waals surface area contributed by atoms with Crippen LogP contribution in [0, 0.1) is 0 Å². The molecule has 0 aliphatic heterocycles. The minimum absolute atomic E-state index is 0.117. The van der Waals surface area contributed by atoms with E-state index in [1.165, 1.54) is 6.33 Å². The van der Waals surface area contributed by atoms with Crippen LogP contribution in [0.5, 0.6) is 0 Å². The molecule has 4 aromatic rings. The Morgan fingerprint density at radius 1 is 1.19 bits per heavy atom. The van der Waals surface area contributed by atoms with Crippen molar-refractivity contribution in [3.8, 4) is 17.1 Å². The fourth-order valence-electron chi connectivity index (χ4n) is 2.34. The molecule has 1 aromatic carbocycles. The number of nitrogens with one attached hydrogen (secondary N) is 1. The third-order valence-electron chi connectivity index (χ3n) is 3.64. The molecule has 0 saturated carbocycles. The number of aromatic nitrogens is 5. The maximum absolute atomic E-state index is 12.1. The molecule has 9 heteroatoms. The van der Waals surface area contributed by atoms with Gasteiger partial charge in [-0.1, -0.05) is 0 Å². The number of benzene rings is 1. The van der Waals surface area contributed by atoms with Crippen molar-refractivity contribution in [1.82, 2.24) is 25.0 Å². The maximum Gasteiger partial charge on any atom is 0.248 e. The monoisotopic (exact) mass is 366 g/mol. The number of hydrogen-bond acceptors (Lipinski definition) is 7. The molecule has 8 nitrogen and oxygen atoms in total. The molecule has 0 saturated heterocycles. The zero-order valence-corrected chi connectivity index (χ0v) is 14.4. The van der Waals surface area contributed by atoms with Gasteiger partial charge in [-0.3, -0.25) is 4.79 Å². The van der Waals surface area contributed by atoms with E-state index in [2.05, 4.69) is 25.6 Å². The molecule has 3 aromatic heterocycles. The zero-order valence-electron chi connectivity index (χ0n) is 13.6.